The maximum absolute atomic E-state index is 12.7. The first-order chi connectivity index (χ1) is 10.0. The summed E-state index contributed by atoms with van der Waals surface area (Å²) in [5, 5.41) is 4.28. The van der Waals surface area contributed by atoms with Crippen LogP contribution in [0.4, 0.5) is 0 Å². The van der Waals surface area contributed by atoms with Crippen LogP contribution in [-0.4, -0.2) is 22.9 Å². The summed E-state index contributed by atoms with van der Waals surface area (Å²) in [6, 6.07) is 7.83. The number of nitrogens with zero attached hydrogens (tertiary/aromatic N) is 1. The predicted molar refractivity (Wildman–Crippen MR) is 85.1 cm³/mol. The van der Waals surface area contributed by atoms with Gasteiger partial charge >= 0.3 is 0 Å². The van der Waals surface area contributed by atoms with Crippen molar-refractivity contribution < 1.29 is 4.79 Å². The summed E-state index contributed by atoms with van der Waals surface area (Å²) in [7, 11) is 0. The van der Waals surface area contributed by atoms with Gasteiger partial charge in [-0.3, -0.25) is 10.1 Å². The van der Waals surface area contributed by atoms with Crippen molar-refractivity contribution in [3.05, 3.63) is 34.9 Å². The number of rotatable bonds is 5. The number of hydrogen-bond acceptors (Lipinski definition) is 2. The molecule has 0 bridgehead atoms. The van der Waals surface area contributed by atoms with Gasteiger partial charge in [-0.05, 0) is 49.3 Å². The van der Waals surface area contributed by atoms with Crippen molar-refractivity contribution in [2.75, 3.05) is 6.54 Å². The minimum Gasteiger partial charge on any atom is -0.321 e. The van der Waals surface area contributed by atoms with Gasteiger partial charge in [0.2, 0.25) is 5.91 Å². The molecule has 1 aromatic carbocycles. The van der Waals surface area contributed by atoms with E-state index in [0.717, 1.165) is 42.8 Å². The van der Waals surface area contributed by atoms with Crippen LogP contribution >= 0.6 is 11.6 Å². The zero-order valence-electron chi connectivity index (χ0n) is 12.7. The Morgan fingerprint density at radius 3 is 2.57 bits per heavy atom. The molecule has 1 aliphatic carbocycles. The van der Waals surface area contributed by atoms with Gasteiger partial charge in [-0.15, -0.1) is 0 Å². The van der Waals surface area contributed by atoms with E-state index in [1.807, 2.05) is 29.2 Å². The average molecular weight is 307 g/mol. The van der Waals surface area contributed by atoms with E-state index in [0.29, 0.717) is 5.92 Å². The summed E-state index contributed by atoms with van der Waals surface area (Å²) in [6.07, 6.45) is 4.16. The number of hydrogen-bond donors (Lipinski definition) is 1. The lowest BCUT2D eigenvalue weighted by Gasteiger charge is -2.25. The molecule has 0 aromatic heterocycles. The molecule has 21 heavy (non-hydrogen) atoms. The third kappa shape index (κ3) is 2.95. The highest BCUT2D eigenvalue weighted by molar-refractivity contribution is 6.30. The Labute approximate surface area is 131 Å². The first kappa shape index (κ1) is 14.9. The molecular formula is C17H23ClN2O. The molecule has 1 saturated heterocycles. The molecule has 2 aliphatic rings. The van der Waals surface area contributed by atoms with E-state index in [-0.39, 0.29) is 17.6 Å². The van der Waals surface area contributed by atoms with Crippen LogP contribution in [0, 0.1) is 5.92 Å². The van der Waals surface area contributed by atoms with Gasteiger partial charge in [-0.1, -0.05) is 37.6 Å². The minimum absolute atomic E-state index is 0.00410. The highest BCUT2D eigenvalue weighted by atomic mass is 35.5. The molecule has 1 N–H and O–H groups in total. The highest BCUT2D eigenvalue weighted by Gasteiger charge is 2.59. The van der Waals surface area contributed by atoms with Gasteiger partial charge in [0.05, 0.1) is 0 Å². The third-order valence-electron chi connectivity index (χ3n) is 4.51. The second-order valence-electron chi connectivity index (χ2n) is 6.72. The van der Waals surface area contributed by atoms with Crippen LogP contribution in [0.15, 0.2) is 24.3 Å². The average Bonchev–Trinajstić information content (AvgIpc) is 3.17. The molecule has 1 heterocycles. The smallest absolute Gasteiger partial charge is 0.244 e. The van der Waals surface area contributed by atoms with Gasteiger partial charge in [0.1, 0.15) is 11.7 Å². The Morgan fingerprint density at radius 1 is 1.33 bits per heavy atom. The van der Waals surface area contributed by atoms with E-state index in [1.54, 1.807) is 0 Å². The molecular weight excluding hydrogens is 284 g/mol. The van der Waals surface area contributed by atoms with Crippen molar-refractivity contribution in [2.45, 2.75) is 51.2 Å². The first-order valence-electron chi connectivity index (χ1n) is 7.86. The first-order valence-corrected chi connectivity index (χ1v) is 8.24. The topological polar surface area (TPSA) is 32.3 Å². The Morgan fingerprint density at radius 2 is 2.00 bits per heavy atom. The van der Waals surface area contributed by atoms with Crippen LogP contribution in [-0.2, 0) is 4.79 Å². The third-order valence-corrected chi connectivity index (χ3v) is 4.76. The molecule has 1 unspecified atom stereocenters. The SMILES string of the molecule is CC(C)CCCN1C(=O)C2(CC2)NC1c1ccc(Cl)cc1. The van der Waals surface area contributed by atoms with E-state index in [9.17, 15) is 4.79 Å². The van der Waals surface area contributed by atoms with Crippen LogP contribution in [0.3, 0.4) is 0 Å². The van der Waals surface area contributed by atoms with Gasteiger partial charge in [-0.2, -0.15) is 0 Å². The molecule has 0 radical (unpaired) electrons. The van der Waals surface area contributed by atoms with Gasteiger partial charge < -0.3 is 4.90 Å². The molecule has 1 amide bonds. The molecule has 3 rings (SSSR count). The van der Waals surface area contributed by atoms with Crippen molar-refractivity contribution in [3.63, 3.8) is 0 Å². The summed E-state index contributed by atoms with van der Waals surface area (Å²) < 4.78 is 0. The van der Waals surface area contributed by atoms with E-state index >= 15 is 0 Å². The number of halogens is 1. The quantitative estimate of drug-likeness (QED) is 0.899. The Kier molecular flexibility index (Phi) is 3.98. The molecule has 1 spiro atoms. The number of carbonyl (C=O) groups excluding carboxylic acids is 1. The number of amides is 1. The zero-order valence-corrected chi connectivity index (χ0v) is 13.5. The van der Waals surface area contributed by atoms with Crippen molar-refractivity contribution in [3.8, 4) is 0 Å². The van der Waals surface area contributed by atoms with Gasteiger partial charge in [0.25, 0.3) is 0 Å². The van der Waals surface area contributed by atoms with Gasteiger partial charge in [0.15, 0.2) is 0 Å². The maximum Gasteiger partial charge on any atom is 0.244 e. The van der Waals surface area contributed by atoms with Crippen LogP contribution in [0.5, 0.6) is 0 Å². The summed E-state index contributed by atoms with van der Waals surface area (Å²) in [6.45, 7) is 5.28. The fraction of sp³-hybridized carbons (Fsp3) is 0.588. The lowest BCUT2D eigenvalue weighted by molar-refractivity contribution is -0.131. The standard InChI is InChI=1S/C17H23ClN2O/c1-12(2)4-3-11-20-15(13-5-7-14(18)8-6-13)19-17(9-10-17)16(20)21/h5-8,12,15,19H,3-4,9-11H2,1-2H3. The summed E-state index contributed by atoms with van der Waals surface area (Å²) in [5.41, 5.74) is 0.864. The van der Waals surface area contributed by atoms with E-state index < -0.39 is 0 Å². The fourth-order valence-corrected chi connectivity index (χ4v) is 3.21. The number of nitrogens with one attached hydrogen (secondary N) is 1. The second kappa shape index (κ2) is 5.62. The summed E-state index contributed by atoms with van der Waals surface area (Å²) in [5.74, 6) is 0.964. The Hall–Kier alpha value is -1.06. The predicted octanol–water partition coefficient (Wildman–Crippen LogP) is 3.74. The van der Waals surface area contributed by atoms with Crippen molar-refractivity contribution in [1.29, 1.82) is 0 Å². The normalized spacial score (nSPS) is 23.3. The minimum atomic E-state index is -0.262. The molecule has 114 valence electrons. The van der Waals surface area contributed by atoms with Gasteiger partial charge in [-0.25, -0.2) is 0 Å². The molecule has 2 fully saturated rings. The molecule has 4 heteroatoms. The van der Waals surface area contributed by atoms with E-state index in [1.165, 1.54) is 0 Å². The van der Waals surface area contributed by atoms with Crippen molar-refractivity contribution >= 4 is 17.5 Å². The number of benzene rings is 1. The van der Waals surface area contributed by atoms with Crippen LogP contribution in [0.1, 0.15) is 51.3 Å². The largest absolute Gasteiger partial charge is 0.321 e. The number of carbonyl (C=O) groups is 1. The van der Waals surface area contributed by atoms with Crippen molar-refractivity contribution in [1.82, 2.24) is 10.2 Å². The Bertz CT molecular complexity index is 522. The lowest BCUT2D eigenvalue weighted by atomic mass is 10.1. The molecule has 1 atom stereocenters. The fourth-order valence-electron chi connectivity index (χ4n) is 3.09. The second-order valence-corrected chi connectivity index (χ2v) is 7.15. The Balaban J connectivity index is 1.76. The van der Waals surface area contributed by atoms with E-state index in [2.05, 4.69) is 19.2 Å². The van der Waals surface area contributed by atoms with Crippen LogP contribution < -0.4 is 5.32 Å². The summed E-state index contributed by atoms with van der Waals surface area (Å²) >= 11 is 5.97. The van der Waals surface area contributed by atoms with E-state index in [4.69, 9.17) is 11.6 Å². The molecule has 1 aliphatic heterocycles. The molecule has 3 nitrogen and oxygen atoms in total. The van der Waals surface area contributed by atoms with Crippen LogP contribution in [0.25, 0.3) is 0 Å². The maximum atomic E-state index is 12.7. The zero-order chi connectivity index (χ0) is 15.0. The molecule has 1 saturated carbocycles. The van der Waals surface area contributed by atoms with Crippen LogP contribution in [0.2, 0.25) is 5.02 Å². The monoisotopic (exact) mass is 306 g/mol. The molecule has 1 aromatic rings. The highest BCUT2D eigenvalue weighted by Crippen LogP contribution is 2.46. The summed E-state index contributed by atoms with van der Waals surface area (Å²) in [4.78, 5) is 14.7. The van der Waals surface area contributed by atoms with Gasteiger partial charge in [0, 0.05) is 11.6 Å². The lowest BCUT2D eigenvalue weighted by Crippen LogP contribution is -2.33. The van der Waals surface area contributed by atoms with Crippen molar-refractivity contribution in [2.24, 2.45) is 5.92 Å².